The minimum atomic E-state index is 0.905. The van der Waals surface area contributed by atoms with Crippen molar-refractivity contribution in [3.05, 3.63) is 47.6 Å². The largest absolute Gasteiger partial charge is 0.246 e. The molecule has 0 atom stereocenters. The van der Waals surface area contributed by atoms with Gasteiger partial charge in [-0.25, -0.2) is 4.99 Å². The first-order valence-corrected chi connectivity index (χ1v) is 4.95. The Morgan fingerprint density at radius 3 is 3.00 bits per heavy atom. The highest BCUT2D eigenvalue weighted by atomic mass is 79.9. The van der Waals surface area contributed by atoms with Crippen molar-refractivity contribution in [2.75, 3.05) is 0 Å². The van der Waals surface area contributed by atoms with Gasteiger partial charge in [0.1, 0.15) is 4.61 Å². The van der Waals surface area contributed by atoms with Crippen molar-refractivity contribution in [3.63, 3.8) is 0 Å². The van der Waals surface area contributed by atoms with Gasteiger partial charge in [-0.15, -0.1) is 0 Å². The molecule has 13 heavy (non-hydrogen) atoms. The van der Waals surface area contributed by atoms with Gasteiger partial charge in [-0.05, 0) is 34.3 Å². The Morgan fingerprint density at radius 1 is 1.62 bits per heavy atom. The fourth-order valence-electron chi connectivity index (χ4n) is 1.07. The Kier molecular flexibility index (Phi) is 3.90. The van der Waals surface area contributed by atoms with Crippen LogP contribution in [0.4, 0.5) is 0 Å². The summed E-state index contributed by atoms with van der Waals surface area (Å²) in [6.07, 6.45) is 9.59. The lowest BCUT2D eigenvalue weighted by Crippen LogP contribution is -2.02. The third kappa shape index (κ3) is 3.15. The van der Waals surface area contributed by atoms with Gasteiger partial charge in [0.25, 0.3) is 0 Å². The molecule has 0 aromatic heterocycles. The number of halogens is 1. The van der Waals surface area contributed by atoms with Crippen LogP contribution in [0.2, 0.25) is 0 Å². The average Bonchev–Trinajstić information content (AvgIpc) is 2.14. The van der Waals surface area contributed by atoms with Crippen LogP contribution in [-0.4, -0.2) is 5.71 Å². The van der Waals surface area contributed by atoms with Gasteiger partial charge in [-0.3, -0.25) is 0 Å². The van der Waals surface area contributed by atoms with Crippen molar-refractivity contribution < 1.29 is 0 Å². The zero-order valence-electron chi connectivity index (χ0n) is 7.46. The van der Waals surface area contributed by atoms with E-state index >= 15 is 0 Å². The minimum Gasteiger partial charge on any atom is -0.246 e. The maximum atomic E-state index is 4.34. The van der Waals surface area contributed by atoms with Crippen LogP contribution in [0.15, 0.2) is 52.6 Å². The predicted octanol–water partition coefficient (Wildman–Crippen LogP) is 3.76. The Bertz CT molecular complexity index is 308. The normalized spacial score (nSPS) is 16.7. The first kappa shape index (κ1) is 10.2. The Labute approximate surface area is 87.4 Å². The molecule has 0 unspecified atom stereocenters. The molecular weight excluding hydrogens is 226 g/mol. The molecule has 0 amide bonds. The number of hydrogen-bond donors (Lipinski definition) is 0. The second-order valence-corrected chi connectivity index (χ2v) is 3.56. The van der Waals surface area contributed by atoms with E-state index in [1.807, 2.05) is 12.2 Å². The highest BCUT2D eigenvalue weighted by Crippen LogP contribution is 2.19. The van der Waals surface area contributed by atoms with Crippen LogP contribution < -0.4 is 0 Å². The molecule has 0 bridgehead atoms. The molecule has 1 rings (SSSR count). The van der Waals surface area contributed by atoms with Crippen LogP contribution in [0.25, 0.3) is 0 Å². The first-order valence-electron chi connectivity index (χ1n) is 4.15. The summed E-state index contributed by atoms with van der Waals surface area (Å²) in [4.78, 5) is 4.34. The molecule has 68 valence electrons. The van der Waals surface area contributed by atoms with E-state index in [2.05, 4.69) is 40.2 Å². The molecule has 0 radical (unpaired) electrons. The molecule has 0 N–H and O–H groups in total. The lowest BCUT2D eigenvalue weighted by Gasteiger charge is -2.09. The first-order chi connectivity index (χ1) is 6.24. The summed E-state index contributed by atoms with van der Waals surface area (Å²) in [6, 6.07) is 0. The summed E-state index contributed by atoms with van der Waals surface area (Å²) >= 11 is 3.35. The van der Waals surface area contributed by atoms with Crippen LogP contribution in [0, 0.1) is 0 Å². The third-order valence-electron chi connectivity index (χ3n) is 1.74. The molecule has 0 saturated carbocycles. The summed E-state index contributed by atoms with van der Waals surface area (Å²) in [5, 5.41) is 0. The van der Waals surface area contributed by atoms with Crippen molar-refractivity contribution >= 4 is 21.6 Å². The van der Waals surface area contributed by atoms with E-state index in [0.29, 0.717) is 0 Å². The van der Waals surface area contributed by atoms with Gasteiger partial charge < -0.3 is 0 Å². The summed E-state index contributed by atoms with van der Waals surface area (Å²) < 4.78 is 0.905. The molecule has 0 spiro atoms. The topological polar surface area (TPSA) is 12.4 Å². The van der Waals surface area contributed by atoms with E-state index in [-0.39, 0.29) is 0 Å². The number of rotatable bonds is 3. The van der Waals surface area contributed by atoms with Crippen molar-refractivity contribution in [1.82, 2.24) is 0 Å². The number of hydrogen-bond acceptors (Lipinski definition) is 1. The fourth-order valence-corrected chi connectivity index (χ4v) is 1.51. The van der Waals surface area contributed by atoms with Crippen LogP contribution in [0.5, 0.6) is 0 Å². The number of aliphatic imine (C=N–C) groups is 1. The zero-order valence-corrected chi connectivity index (χ0v) is 9.05. The second-order valence-electron chi connectivity index (χ2n) is 2.74. The van der Waals surface area contributed by atoms with E-state index in [4.69, 9.17) is 0 Å². The van der Waals surface area contributed by atoms with Gasteiger partial charge in [0.05, 0.1) is 0 Å². The van der Waals surface area contributed by atoms with Crippen molar-refractivity contribution in [1.29, 1.82) is 0 Å². The standard InChI is InChI=1S/C11H12BrN/c1-3-4-6-9(2)10-7-5-8-11(12)13-10/h3-4,6,8H,1-2,5,7H2/b6-4-. The SMILES string of the molecule is C=C/C=C\C(=C)C1=NC(Br)=CCC1. The fraction of sp³-hybridized carbons (Fsp3) is 0.182. The zero-order chi connectivity index (χ0) is 9.68. The van der Waals surface area contributed by atoms with Gasteiger partial charge in [-0.1, -0.05) is 37.5 Å². The molecule has 1 aliphatic rings. The maximum Gasteiger partial charge on any atom is 0.102 e. The van der Waals surface area contributed by atoms with E-state index < -0.39 is 0 Å². The lowest BCUT2D eigenvalue weighted by molar-refractivity contribution is 1.05. The smallest absolute Gasteiger partial charge is 0.102 e. The molecule has 1 heterocycles. The summed E-state index contributed by atoms with van der Waals surface area (Å²) in [5.74, 6) is 0. The average molecular weight is 238 g/mol. The lowest BCUT2D eigenvalue weighted by atomic mass is 10.1. The molecular formula is C11H12BrN. The third-order valence-corrected chi connectivity index (χ3v) is 2.24. The molecule has 0 fully saturated rings. The highest BCUT2D eigenvalue weighted by Gasteiger charge is 2.06. The Balaban J connectivity index is 2.72. The van der Waals surface area contributed by atoms with Gasteiger partial charge >= 0.3 is 0 Å². The van der Waals surface area contributed by atoms with Crippen LogP contribution in [-0.2, 0) is 0 Å². The van der Waals surface area contributed by atoms with Crippen LogP contribution in [0.1, 0.15) is 12.8 Å². The molecule has 1 nitrogen and oxygen atoms in total. The summed E-state index contributed by atoms with van der Waals surface area (Å²) in [7, 11) is 0. The van der Waals surface area contributed by atoms with E-state index in [1.165, 1.54) is 0 Å². The van der Waals surface area contributed by atoms with E-state index in [1.54, 1.807) is 6.08 Å². The molecule has 2 heteroatoms. The minimum absolute atomic E-state index is 0.905. The predicted molar refractivity (Wildman–Crippen MR) is 62.2 cm³/mol. The van der Waals surface area contributed by atoms with Crippen molar-refractivity contribution in [2.24, 2.45) is 4.99 Å². The Morgan fingerprint density at radius 2 is 2.38 bits per heavy atom. The number of nitrogens with zero attached hydrogens (tertiary/aromatic N) is 1. The van der Waals surface area contributed by atoms with Crippen molar-refractivity contribution in [2.45, 2.75) is 12.8 Å². The van der Waals surface area contributed by atoms with Crippen molar-refractivity contribution in [3.8, 4) is 0 Å². The number of allylic oxidation sites excluding steroid dienone is 5. The van der Waals surface area contributed by atoms with Gasteiger partial charge in [0, 0.05) is 5.71 Å². The van der Waals surface area contributed by atoms with E-state index in [0.717, 1.165) is 28.7 Å². The molecule has 0 aromatic rings. The van der Waals surface area contributed by atoms with Crippen LogP contribution in [0.3, 0.4) is 0 Å². The van der Waals surface area contributed by atoms with Gasteiger partial charge in [0.15, 0.2) is 0 Å². The molecule has 0 aromatic carbocycles. The van der Waals surface area contributed by atoms with Gasteiger partial charge in [0.2, 0.25) is 0 Å². The Hall–Kier alpha value is -0.890. The van der Waals surface area contributed by atoms with E-state index in [9.17, 15) is 0 Å². The molecule has 1 aliphatic heterocycles. The molecule has 0 aliphatic carbocycles. The van der Waals surface area contributed by atoms with Gasteiger partial charge in [-0.2, -0.15) is 0 Å². The monoisotopic (exact) mass is 237 g/mol. The summed E-state index contributed by atoms with van der Waals surface area (Å²) in [5.41, 5.74) is 2.01. The van der Waals surface area contributed by atoms with Crippen LogP contribution >= 0.6 is 15.9 Å². The summed E-state index contributed by atoms with van der Waals surface area (Å²) in [6.45, 7) is 7.54. The highest BCUT2D eigenvalue weighted by molar-refractivity contribution is 9.11. The molecule has 0 saturated heterocycles. The second kappa shape index (κ2) is 4.97. The quantitative estimate of drug-likeness (QED) is 0.524. The maximum absolute atomic E-state index is 4.34.